The number of anilines is 1. The minimum absolute atomic E-state index is 0.00325. The molecule has 4 rings (SSSR count). The van der Waals surface area contributed by atoms with Crippen LogP contribution in [0.3, 0.4) is 0 Å². The Hall–Kier alpha value is -3.78. The van der Waals surface area contributed by atoms with Gasteiger partial charge < -0.3 is 14.4 Å². The van der Waals surface area contributed by atoms with Crippen molar-refractivity contribution >= 4 is 17.9 Å². The number of carbonyl (C=O) groups excluding carboxylic acids is 1. The Kier molecular flexibility index (Phi) is 12.8. The van der Waals surface area contributed by atoms with Gasteiger partial charge in [-0.15, -0.1) is 0 Å². The van der Waals surface area contributed by atoms with Gasteiger partial charge in [0.1, 0.15) is 17.4 Å². The molecule has 0 aliphatic carbocycles. The monoisotopic (exact) mass is 508 g/mol. The molecule has 0 saturated carbocycles. The van der Waals surface area contributed by atoms with E-state index in [2.05, 4.69) is 29.4 Å². The smallest absolute Gasteiger partial charge is 0.254 e. The van der Waals surface area contributed by atoms with Crippen LogP contribution in [0.2, 0.25) is 0 Å². The third-order valence-electron chi connectivity index (χ3n) is 5.08. The number of benzene rings is 2. The maximum absolute atomic E-state index is 13.4. The average molecular weight is 509 g/mol. The van der Waals surface area contributed by atoms with Crippen LogP contribution in [0.1, 0.15) is 50.0 Å². The summed E-state index contributed by atoms with van der Waals surface area (Å²) in [5.74, 6) is 0.681. The van der Waals surface area contributed by atoms with E-state index in [1.807, 2.05) is 44.2 Å². The van der Waals surface area contributed by atoms with Crippen molar-refractivity contribution in [2.75, 3.05) is 38.8 Å². The van der Waals surface area contributed by atoms with Gasteiger partial charge >= 0.3 is 0 Å². The summed E-state index contributed by atoms with van der Waals surface area (Å²) in [5, 5.41) is 4.11. The highest BCUT2D eigenvalue weighted by molar-refractivity contribution is 5.95. The predicted octanol–water partition coefficient (Wildman–Crippen LogP) is 6.26. The van der Waals surface area contributed by atoms with Crippen molar-refractivity contribution in [2.45, 2.75) is 34.1 Å². The fraction of sp³-hybridized carbons (Fsp3) is 0.345. The SMILES string of the molecule is CC.CCC.COc1ccc(F)cc1/C=N/Nc1ccc(-c2cccc(C(=O)N3CCOCC3)c2)cn1. The van der Waals surface area contributed by atoms with Gasteiger partial charge in [-0.2, -0.15) is 5.10 Å². The van der Waals surface area contributed by atoms with Crippen molar-refractivity contribution in [3.8, 4) is 16.9 Å². The number of amides is 1. The van der Waals surface area contributed by atoms with Crippen LogP contribution in [0.15, 0.2) is 65.9 Å². The standard InChI is InChI=1S/C24H23FN4O3.C3H8.C2H6/c1-31-22-7-6-21(25)14-20(22)16-27-28-23-8-5-19(15-26-23)17-3-2-4-18(13-17)24(30)29-9-11-32-12-10-29;1-3-2;1-2/h2-8,13-16H,9-12H2,1H3,(H,26,28);3H2,1-2H3;1-2H3/b27-16+;;. The second-order valence-corrected chi connectivity index (χ2v) is 7.88. The number of nitrogens with one attached hydrogen (secondary N) is 1. The molecule has 0 unspecified atom stereocenters. The second kappa shape index (κ2) is 16.1. The molecule has 8 heteroatoms. The number of methoxy groups -OCH3 is 1. The summed E-state index contributed by atoms with van der Waals surface area (Å²) in [4.78, 5) is 18.9. The molecule has 1 saturated heterocycles. The lowest BCUT2D eigenvalue weighted by Gasteiger charge is -2.27. The van der Waals surface area contributed by atoms with Gasteiger partial charge in [0.05, 0.1) is 26.5 Å². The zero-order valence-electron chi connectivity index (χ0n) is 22.3. The number of morpholine rings is 1. The number of nitrogens with zero attached hydrogens (tertiary/aromatic N) is 3. The summed E-state index contributed by atoms with van der Waals surface area (Å²) < 4.78 is 24.0. The Balaban J connectivity index is 0.000000898. The van der Waals surface area contributed by atoms with Crippen LogP contribution in [0.4, 0.5) is 10.2 Å². The molecule has 1 fully saturated rings. The van der Waals surface area contributed by atoms with Gasteiger partial charge in [0.2, 0.25) is 0 Å². The molecule has 3 aromatic rings. The first-order valence-corrected chi connectivity index (χ1v) is 12.6. The molecule has 1 amide bonds. The van der Waals surface area contributed by atoms with Crippen LogP contribution in [-0.2, 0) is 4.74 Å². The summed E-state index contributed by atoms with van der Waals surface area (Å²) in [7, 11) is 1.52. The quantitative estimate of drug-likeness (QED) is 0.314. The largest absolute Gasteiger partial charge is 0.496 e. The van der Waals surface area contributed by atoms with Gasteiger partial charge in [0.25, 0.3) is 5.91 Å². The lowest BCUT2D eigenvalue weighted by atomic mass is 10.0. The number of carbonyl (C=O) groups is 1. The van der Waals surface area contributed by atoms with Crippen LogP contribution in [-0.4, -0.2) is 55.4 Å². The second-order valence-electron chi connectivity index (χ2n) is 7.88. The molecule has 0 radical (unpaired) electrons. The molecule has 2 aromatic carbocycles. The molecule has 1 N–H and O–H groups in total. The topological polar surface area (TPSA) is 76.0 Å². The van der Waals surface area contributed by atoms with E-state index >= 15 is 0 Å². The molecule has 7 nitrogen and oxygen atoms in total. The van der Waals surface area contributed by atoms with Crippen molar-refractivity contribution in [3.63, 3.8) is 0 Å². The fourth-order valence-corrected chi connectivity index (χ4v) is 3.39. The van der Waals surface area contributed by atoms with Crippen molar-refractivity contribution in [2.24, 2.45) is 5.10 Å². The first-order valence-electron chi connectivity index (χ1n) is 12.6. The minimum Gasteiger partial charge on any atom is -0.496 e. The van der Waals surface area contributed by atoms with Crippen LogP contribution >= 0.6 is 0 Å². The number of hydrazone groups is 1. The van der Waals surface area contributed by atoms with Crippen molar-refractivity contribution < 1.29 is 18.7 Å². The molecule has 198 valence electrons. The molecule has 1 aromatic heterocycles. The average Bonchev–Trinajstić information content (AvgIpc) is 2.95. The van der Waals surface area contributed by atoms with Crippen molar-refractivity contribution in [3.05, 3.63) is 77.7 Å². The van der Waals surface area contributed by atoms with E-state index in [1.165, 1.54) is 31.9 Å². The van der Waals surface area contributed by atoms with Gasteiger partial charge in [0, 0.05) is 36.0 Å². The highest BCUT2D eigenvalue weighted by Crippen LogP contribution is 2.22. The van der Waals surface area contributed by atoms with E-state index in [4.69, 9.17) is 9.47 Å². The third kappa shape index (κ3) is 8.99. The van der Waals surface area contributed by atoms with E-state index in [0.717, 1.165) is 11.1 Å². The Morgan fingerprint density at radius 1 is 1.11 bits per heavy atom. The lowest BCUT2D eigenvalue weighted by molar-refractivity contribution is 0.0303. The first-order chi connectivity index (χ1) is 18.0. The Bertz CT molecular complexity index is 1130. The lowest BCUT2D eigenvalue weighted by Crippen LogP contribution is -2.40. The predicted molar refractivity (Wildman–Crippen MR) is 148 cm³/mol. The van der Waals surface area contributed by atoms with Crippen LogP contribution in [0.5, 0.6) is 5.75 Å². The Labute approximate surface area is 219 Å². The maximum atomic E-state index is 13.4. The van der Waals surface area contributed by atoms with Crippen molar-refractivity contribution in [1.82, 2.24) is 9.88 Å². The Morgan fingerprint density at radius 3 is 2.49 bits per heavy atom. The number of halogens is 1. The number of aromatic nitrogens is 1. The normalized spacial score (nSPS) is 12.6. The van der Waals surface area contributed by atoms with Gasteiger partial charge in [0.15, 0.2) is 0 Å². The minimum atomic E-state index is -0.371. The number of rotatable bonds is 6. The molecule has 0 spiro atoms. The maximum Gasteiger partial charge on any atom is 0.254 e. The molecule has 37 heavy (non-hydrogen) atoms. The van der Waals surface area contributed by atoms with Gasteiger partial charge in [-0.05, 0) is 48.0 Å². The number of ether oxygens (including phenoxy) is 2. The highest BCUT2D eigenvalue weighted by Gasteiger charge is 2.18. The van der Waals surface area contributed by atoms with E-state index < -0.39 is 0 Å². The number of pyridine rings is 1. The molecule has 1 aliphatic heterocycles. The molecule has 2 heterocycles. The van der Waals surface area contributed by atoms with Crippen LogP contribution in [0, 0.1) is 5.82 Å². The van der Waals surface area contributed by atoms with E-state index in [0.29, 0.717) is 49.0 Å². The van der Waals surface area contributed by atoms with E-state index in [1.54, 1.807) is 23.2 Å². The summed E-state index contributed by atoms with van der Waals surface area (Å²) in [6, 6.07) is 15.4. The van der Waals surface area contributed by atoms with Crippen molar-refractivity contribution in [1.29, 1.82) is 0 Å². The zero-order valence-corrected chi connectivity index (χ0v) is 22.3. The van der Waals surface area contributed by atoms with E-state index in [-0.39, 0.29) is 11.7 Å². The number of hydrogen-bond donors (Lipinski definition) is 1. The molecular formula is C29H37FN4O3. The van der Waals surface area contributed by atoms with Gasteiger partial charge in [-0.3, -0.25) is 10.2 Å². The Morgan fingerprint density at radius 2 is 1.84 bits per heavy atom. The summed E-state index contributed by atoms with van der Waals surface area (Å²) in [6.45, 7) is 10.6. The van der Waals surface area contributed by atoms with Crippen LogP contribution in [0.25, 0.3) is 11.1 Å². The summed E-state index contributed by atoms with van der Waals surface area (Å²) in [6.07, 6.45) is 4.43. The first kappa shape index (κ1) is 29.5. The number of hydrogen-bond acceptors (Lipinski definition) is 6. The molecule has 1 aliphatic rings. The van der Waals surface area contributed by atoms with E-state index in [9.17, 15) is 9.18 Å². The molecule has 0 bridgehead atoms. The summed E-state index contributed by atoms with van der Waals surface area (Å²) >= 11 is 0. The zero-order chi connectivity index (χ0) is 27.0. The molecular weight excluding hydrogens is 471 g/mol. The van der Waals surface area contributed by atoms with Crippen LogP contribution < -0.4 is 10.2 Å². The third-order valence-corrected chi connectivity index (χ3v) is 5.08. The summed E-state index contributed by atoms with van der Waals surface area (Å²) in [5.41, 5.74) is 5.75. The van der Waals surface area contributed by atoms with Gasteiger partial charge in [-0.1, -0.05) is 46.2 Å². The fourth-order valence-electron chi connectivity index (χ4n) is 3.39. The van der Waals surface area contributed by atoms with Gasteiger partial charge in [-0.25, -0.2) is 9.37 Å². The highest BCUT2D eigenvalue weighted by atomic mass is 19.1. The molecule has 0 atom stereocenters.